The number of halogens is 1. The highest BCUT2D eigenvalue weighted by atomic mass is 35.5. The number of rotatable bonds is 4. The molecule has 0 radical (unpaired) electrons. The molecule has 0 aliphatic heterocycles. The van der Waals surface area contributed by atoms with Gasteiger partial charge in [-0.1, -0.05) is 44.0 Å². The van der Waals surface area contributed by atoms with Crippen LogP contribution in [-0.4, -0.2) is 0 Å². The number of benzene rings is 1. The first kappa shape index (κ1) is 13.9. The Labute approximate surface area is 117 Å². The molecule has 1 atom stereocenters. The van der Waals surface area contributed by atoms with E-state index in [9.17, 15) is 0 Å². The molecule has 2 rings (SSSR count). The minimum absolute atomic E-state index is 0.774. The molecule has 0 N–H and O–H groups in total. The minimum Gasteiger partial charge on any atom is -0.0843 e. The molecule has 1 aliphatic rings. The van der Waals surface area contributed by atoms with Crippen molar-refractivity contribution in [2.24, 2.45) is 11.8 Å². The van der Waals surface area contributed by atoms with Crippen molar-refractivity contribution in [3.8, 4) is 0 Å². The van der Waals surface area contributed by atoms with Crippen LogP contribution in [0.3, 0.4) is 0 Å². The third-order valence-electron chi connectivity index (χ3n) is 4.62. The zero-order valence-corrected chi connectivity index (χ0v) is 12.4. The Balaban J connectivity index is 1.84. The molecule has 1 aliphatic carbocycles. The summed E-state index contributed by atoms with van der Waals surface area (Å²) in [4.78, 5) is 0. The molecule has 1 fully saturated rings. The summed E-state index contributed by atoms with van der Waals surface area (Å²) >= 11 is 5.95. The molecule has 1 unspecified atom stereocenters. The summed E-state index contributed by atoms with van der Waals surface area (Å²) in [7, 11) is 0. The fourth-order valence-corrected chi connectivity index (χ4v) is 3.33. The van der Waals surface area contributed by atoms with Crippen LogP contribution >= 0.6 is 11.6 Å². The molecule has 0 spiro atoms. The average molecular weight is 265 g/mol. The first-order valence-corrected chi connectivity index (χ1v) is 7.82. The van der Waals surface area contributed by atoms with Gasteiger partial charge >= 0.3 is 0 Å². The number of hydrogen-bond donors (Lipinski definition) is 0. The van der Waals surface area contributed by atoms with Crippen LogP contribution in [0.4, 0.5) is 0 Å². The summed E-state index contributed by atoms with van der Waals surface area (Å²) in [5.41, 5.74) is 1.49. The predicted molar refractivity (Wildman–Crippen MR) is 80.2 cm³/mol. The van der Waals surface area contributed by atoms with Crippen molar-refractivity contribution < 1.29 is 0 Å². The molecular formula is C17H25Cl. The van der Waals surface area contributed by atoms with Crippen molar-refractivity contribution in [2.75, 3.05) is 0 Å². The lowest BCUT2D eigenvalue weighted by atomic mass is 9.76. The quantitative estimate of drug-likeness (QED) is 0.621. The van der Waals surface area contributed by atoms with Gasteiger partial charge < -0.3 is 0 Å². The van der Waals surface area contributed by atoms with Gasteiger partial charge in [-0.05, 0) is 67.6 Å². The van der Waals surface area contributed by atoms with Crippen molar-refractivity contribution >= 4 is 11.6 Å². The van der Waals surface area contributed by atoms with Crippen LogP contribution in [0.1, 0.15) is 63.9 Å². The van der Waals surface area contributed by atoms with Crippen LogP contribution in [0.2, 0.25) is 5.02 Å². The van der Waals surface area contributed by atoms with Crippen molar-refractivity contribution in [3.05, 3.63) is 34.9 Å². The maximum absolute atomic E-state index is 5.95. The van der Waals surface area contributed by atoms with Crippen LogP contribution < -0.4 is 0 Å². The smallest absolute Gasteiger partial charge is 0.0406 e. The van der Waals surface area contributed by atoms with E-state index in [0.717, 1.165) is 22.8 Å². The third kappa shape index (κ3) is 3.75. The second kappa shape index (κ2) is 6.61. The summed E-state index contributed by atoms with van der Waals surface area (Å²) in [6, 6.07) is 8.48. The Morgan fingerprint density at radius 2 is 1.72 bits per heavy atom. The van der Waals surface area contributed by atoms with Crippen LogP contribution in [0, 0.1) is 11.8 Å². The van der Waals surface area contributed by atoms with Crippen molar-refractivity contribution in [3.63, 3.8) is 0 Å². The van der Waals surface area contributed by atoms with Crippen LogP contribution in [0.15, 0.2) is 24.3 Å². The lowest BCUT2D eigenvalue weighted by Crippen LogP contribution is -2.15. The Kier molecular flexibility index (Phi) is 5.12. The molecule has 1 saturated carbocycles. The van der Waals surface area contributed by atoms with Crippen molar-refractivity contribution in [2.45, 2.75) is 58.3 Å². The molecule has 0 bridgehead atoms. The lowest BCUT2D eigenvalue weighted by Gasteiger charge is -2.30. The Hall–Kier alpha value is -0.490. The molecule has 1 aromatic carbocycles. The van der Waals surface area contributed by atoms with E-state index >= 15 is 0 Å². The molecule has 0 heterocycles. The lowest BCUT2D eigenvalue weighted by molar-refractivity contribution is 0.273. The minimum atomic E-state index is 0.774. The molecule has 0 amide bonds. The fourth-order valence-electron chi connectivity index (χ4n) is 3.20. The number of hydrogen-bond acceptors (Lipinski definition) is 0. The standard InChI is InChI=1S/C17H25Cl/c1-3-13(2)12-14-4-6-15(7-5-14)16-8-10-17(18)11-9-16/h8-11,13-15H,3-7,12H2,1-2H3/t13?,14-,15-. The monoisotopic (exact) mass is 264 g/mol. The van der Waals surface area contributed by atoms with E-state index in [-0.39, 0.29) is 0 Å². The average Bonchev–Trinajstić information content (AvgIpc) is 2.40. The Morgan fingerprint density at radius 1 is 1.11 bits per heavy atom. The molecule has 1 heteroatoms. The molecule has 0 saturated heterocycles. The second-order valence-corrected chi connectivity index (χ2v) is 6.45. The van der Waals surface area contributed by atoms with E-state index in [1.807, 2.05) is 12.1 Å². The first-order valence-electron chi connectivity index (χ1n) is 7.44. The normalized spacial score (nSPS) is 25.9. The van der Waals surface area contributed by atoms with E-state index < -0.39 is 0 Å². The highest BCUT2D eigenvalue weighted by Crippen LogP contribution is 2.38. The van der Waals surface area contributed by atoms with E-state index in [1.165, 1.54) is 44.1 Å². The Morgan fingerprint density at radius 3 is 2.28 bits per heavy atom. The summed E-state index contributed by atoms with van der Waals surface area (Å²) in [5, 5.41) is 0.851. The van der Waals surface area contributed by atoms with Gasteiger partial charge in [0.2, 0.25) is 0 Å². The highest BCUT2D eigenvalue weighted by molar-refractivity contribution is 6.30. The summed E-state index contributed by atoms with van der Waals surface area (Å²) in [5.74, 6) is 2.65. The van der Waals surface area contributed by atoms with Gasteiger partial charge in [0.1, 0.15) is 0 Å². The van der Waals surface area contributed by atoms with E-state index in [0.29, 0.717) is 0 Å². The highest BCUT2D eigenvalue weighted by Gasteiger charge is 2.23. The van der Waals surface area contributed by atoms with Crippen LogP contribution in [-0.2, 0) is 0 Å². The Bertz CT molecular complexity index is 346. The zero-order valence-electron chi connectivity index (χ0n) is 11.7. The van der Waals surface area contributed by atoms with Gasteiger partial charge in [-0.15, -0.1) is 0 Å². The van der Waals surface area contributed by atoms with Gasteiger partial charge in [0, 0.05) is 5.02 Å². The van der Waals surface area contributed by atoms with Gasteiger partial charge in [-0.3, -0.25) is 0 Å². The van der Waals surface area contributed by atoms with Crippen LogP contribution in [0.5, 0.6) is 0 Å². The van der Waals surface area contributed by atoms with Gasteiger partial charge in [-0.2, -0.15) is 0 Å². The zero-order chi connectivity index (χ0) is 13.0. The molecule has 1 aromatic rings. The molecule has 0 nitrogen and oxygen atoms in total. The second-order valence-electron chi connectivity index (χ2n) is 6.02. The van der Waals surface area contributed by atoms with Crippen LogP contribution in [0.25, 0.3) is 0 Å². The molecule has 18 heavy (non-hydrogen) atoms. The topological polar surface area (TPSA) is 0 Å². The first-order chi connectivity index (χ1) is 8.69. The van der Waals surface area contributed by atoms with Gasteiger partial charge in [0.25, 0.3) is 0 Å². The molecule has 100 valence electrons. The van der Waals surface area contributed by atoms with E-state index in [2.05, 4.69) is 26.0 Å². The predicted octanol–water partition coefficient (Wildman–Crippen LogP) is 6.05. The molecular weight excluding hydrogens is 240 g/mol. The van der Waals surface area contributed by atoms with Crippen molar-refractivity contribution in [1.82, 2.24) is 0 Å². The maximum Gasteiger partial charge on any atom is 0.0406 e. The summed E-state index contributed by atoms with van der Waals surface area (Å²) in [6.07, 6.45) is 8.32. The largest absolute Gasteiger partial charge is 0.0843 e. The molecule has 0 aromatic heterocycles. The fraction of sp³-hybridized carbons (Fsp3) is 0.647. The summed E-state index contributed by atoms with van der Waals surface area (Å²) in [6.45, 7) is 4.70. The van der Waals surface area contributed by atoms with Gasteiger partial charge in [-0.25, -0.2) is 0 Å². The van der Waals surface area contributed by atoms with Gasteiger partial charge in [0.05, 0.1) is 0 Å². The summed E-state index contributed by atoms with van der Waals surface area (Å²) < 4.78 is 0. The van der Waals surface area contributed by atoms with Crippen molar-refractivity contribution in [1.29, 1.82) is 0 Å². The maximum atomic E-state index is 5.95. The van der Waals surface area contributed by atoms with E-state index in [4.69, 9.17) is 11.6 Å². The third-order valence-corrected chi connectivity index (χ3v) is 4.87. The van der Waals surface area contributed by atoms with Gasteiger partial charge in [0.15, 0.2) is 0 Å². The van der Waals surface area contributed by atoms with E-state index in [1.54, 1.807) is 0 Å². The SMILES string of the molecule is CCC(C)C[C@H]1CC[C@H](c2ccc(Cl)cc2)CC1.